The van der Waals surface area contributed by atoms with E-state index < -0.39 is 35.7 Å². The van der Waals surface area contributed by atoms with Crippen LogP contribution in [0.3, 0.4) is 0 Å². The van der Waals surface area contributed by atoms with Crippen molar-refractivity contribution in [2.24, 2.45) is 70.0 Å². The van der Waals surface area contributed by atoms with Gasteiger partial charge >= 0.3 is 23.9 Å². The molecule has 10 heteroatoms. The van der Waals surface area contributed by atoms with E-state index in [1.807, 2.05) is 6.08 Å². The number of esters is 2. The minimum absolute atomic E-state index is 0.0775. The van der Waals surface area contributed by atoms with E-state index in [-0.39, 0.29) is 32.7 Å². The zero-order chi connectivity index (χ0) is 46.1. The number of hydrogen-bond acceptors (Lipinski definition) is 6. The molecule has 0 heterocycles. The lowest BCUT2D eigenvalue weighted by Crippen LogP contribution is -2.53. The second kappa shape index (κ2) is 20.0. The lowest BCUT2D eigenvalue weighted by molar-refractivity contribution is -0.138. The summed E-state index contributed by atoms with van der Waals surface area (Å²) in [6.45, 7) is 19.1. The first-order valence-electron chi connectivity index (χ1n) is 23.9. The molecular weight excluding hydrogens is 835 g/mol. The van der Waals surface area contributed by atoms with E-state index in [0.717, 1.165) is 48.3 Å². The fourth-order valence-electron chi connectivity index (χ4n) is 13.0. The number of carboxylic acid groups (broad SMARTS) is 2. The number of carbonyl (C=O) groups excluding carboxylic acids is 2. The minimum Gasteiger partial charge on any atom is -0.478 e. The first-order valence-corrected chi connectivity index (χ1v) is 24.7. The molecule has 2 aromatic carbocycles. The van der Waals surface area contributed by atoms with Crippen molar-refractivity contribution in [1.29, 1.82) is 0 Å². The number of hydrogen-bond donors (Lipinski definition) is 2. The molecule has 2 aromatic rings. The number of carboxylic acids is 2. The van der Waals surface area contributed by atoms with Crippen molar-refractivity contribution in [2.45, 2.75) is 152 Å². The van der Waals surface area contributed by atoms with E-state index in [0.29, 0.717) is 45.8 Å². The van der Waals surface area contributed by atoms with Crippen molar-refractivity contribution in [2.75, 3.05) is 0 Å². The first kappa shape index (κ1) is 49.1. The van der Waals surface area contributed by atoms with Gasteiger partial charge in [0.25, 0.3) is 0 Å². The first-order chi connectivity index (χ1) is 29.7. The van der Waals surface area contributed by atoms with Gasteiger partial charge in [-0.1, -0.05) is 111 Å². The van der Waals surface area contributed by atoms with Gasteiger partial charge in [0, 0.05) is 0 Å². The third-order valence-corrected chi connectivity index (χ3v) is 17.0. The average molecular weight is 908 g/mol. The molecule has 2 N–H and O–H groups in total. The monoisotopic (exact) mass is 906 g/mol. The van der Waals surface area contributed by atoms with Gasteiger partial charge in [-0.05, 0) is 170 Å². The van der Waals surface area contributed by atoms with Gasteiger partial charge in [0.2, 0.25) is 0 Å². The highest BCUT2D eigenvalue weighted by molar-refractivity contribution is 6.33. The van der Waals surface area contributed by atoms with Crippen molar-refractivity contribution in [3.05, 3.63) is 62.6 Å². The maximum Gasteiger partial charge on any atom is 0.339 e. The summed E-state index contributed by atoms with van der Waals surface area (Å²) in [6.07, 6.45) is 19.4. The standard InChI is InChI=1S/C53H72Cl2O8/c1-29(2)12-10-13-32(7)41-18-19-42-38-17-16-36-24-33(20-22-52(36,8)43(38)21-23-53(41,42)9)14-11-15-37(34-25-39(48(56)57)46(44(54)27-34)62-50(60)30(3)4)35-26-40(49(58)59)47(45(55)28-35)63-51(61)31(5)6/h15,25-33,36,38,41-43H,10-14,16-24H2,1-9H3,(H,56,57)(H,58,59)/t32?,33-,36?,38?,41+,42?,43?,52-,53+/m0/s1. The van der Waals surface area contributed by atoms with Crippen molar-refractivity contribution in [3.8, 4) is 11.5 Å². The molecule has 4 fully saturated rings. The summed E-state index contributed by atoms with van der Waals surface area (Å²) in [5.74, 6) is 0.629. The van der Waals surface area contributed by atoms with Crippen LogP contribution in [0.4, 0.5) is 0 Å². The van der Waals surface area contributed by atoms with Crippen LogP contribution in [0.1, 0.15) is 184 Å². The fraction of sp³-hybridized carbons (Fsp3) is 0.660. The van der Waals surface area contributed by atoms with Gasteiger partial charge in [0.1, 0.15) is 11.1 Å². The smallest absolute Gasteiger partial charge is 0.339 e. The molecule has 4 saturated carbocycles. The Hall–Kier alpha value is -3.36. The van der Waals surface area contributed by atoms with Crippen molar-refractivity contribution in [1.82, 2.24) is 0 Å². The van der Waals surface area contributed by atoms with Crippen LogP contribution in [0.5, 0.6) is 11.5 Å². The SMILES string of the molecule is CC(C)CCCC(C)[C@H]1CCC2C3CCC4C[C@@H](CCC=C(c5cc(Cl)c(OC(=O)C(C)C)c(C(=O)O)c5)c5cc(Cl)c(OC(=O)C(C)C)c(C(=O)O)c5)CC[C@]4(C)C3CC[C@@]21C. The Labute approximate surface area is 386 Å². The average Bonchev–Trinajstić information content (AvgIpc) is 3.57. The van der Waals surface area contributed by atoms with Gasteiger partial charge in [-0.3, -0.25) is 9.59 Å². The molecule has 0 bridgehead atoms. The van der Waals surface area contributed by atoms with Gasteiger partial charge in [-0.15, -0.1) is 0 Å². The normalized spacial score (nSPS) is 28.2. The molecule has 5 unspecified atom stereocenters. The minimum atomic E-state index is -1.34. The Balaban J connectivity index is 1.24. The third-order valence-electron chi connectivity index (χ3n) is 16.4. The number of aromatic carboxylic acids is 2. The number of ether oxygens (including phenoxy) is 2. The third kappa shape index (κ3) is 10.4. The Kier molecular flexibility index (Phi) is 15.6. The molecule has 0 radical (unpaired) electrons. The molecule has 0 aliphatic heterocycles. The van der Waals surface area contributed by atoms with E-state index >= 15 is 0 Å². The van der Waals surface area contributed by atoms with E-state index in [9.17, 15) is 29.4 Å². The van der Waals surface area contributed by atoms with Crippen LogP contribution in [0.25, 0.3) is 5.57 Å². The van der Waals surface area contributed by atoms with Gasteiger partial charge in [-0.2, -0.15) is 0 Å². The highest BCUT2D eigenvalue weighted by Crippen LogP contribution is 2.69. The Morgan fingerprint density at radius 2 is 1.25 bits per heavy atom. The fourth-order valence-corrected chi connectivity index (χ4v) is 13.5. The van der Waals surface area contributed by atoms with Crippen LogP contribution in [0.15, 0.2) is 30.3 Å². The number of halogens is 2. The van der Waals surface area contributed by atoms with E-state index in [1.54, 1.807) is 27.7 Å². The highest BCUT2D eigenvalue weighted by atomic mass is 35.5. The van der Waals surface area contributed by atoms with Crippen LogP contribution in [-0.2, 0) is 9.59 Å². The molecule has 0 aromatic heterocycles. The number of rotatable bonds is 16. The molecule has 4 aliphatic carbocycles. The van der Waals surface area contributed by atoms with E-state index in [1.165, 1.54) is 94.9 Å². The predicted octanol–water partition coefficient (Wildman–Crippen LogP) is 14.5. The zero-order valence-corrected chi connectivity index (χ0v) is 40.7. The summed E-state index contributed by atoms with van der Waals surface area (Å²) in [6, 6.07) is 5.85. The van der Waals surface area contributed by atoms with E-state index in [2.05, 4.69) is 34.6 Å². The summed E-state index contributed by atoms with van der Waals surface area (Å²) >= 11 is 13.4. The van der Waals surface area contributed by atoms with E-state index in [4.69, 9.17) is 32.7 Å². The Morgan fingerprint density at radius 3 is 1.78 bits per heavy atom. The van der Waals surface area contributed by atoms with Crippen molar-refractivity contribution < 1.29 is 38.9 Å². The predicted molar refractivity (Wildman–Crippen MR) is 251 cm³/mol. The molecule has 9 atom stereocenters. The summed E-state index contributed by atoms with van der Waals surface area (Å²) in [4.78, 5) is 50.4. The molecule has 346 valence electrons. The Morgan fingerprint density at radius 1 is 0.714 bits per heavy atom. The zero-order valence-electron chi connectivity index (χ0n) is 39.2. The topological polar surface area (TPSA) is 127 Å². The molecule has 8 nitrogen and oxygen atoms in total. The molecule has 6 rings (SSSR count). The number of benzene rings is 2. The largest absolute Gasteiger partial charge is 0.478 e. The van der Waals surface area contributed by atoms with Gasteiger partial charge in [-0.25, -0.2) is 9.59 Å². The summed E-state index contributed by atoms with van der Waals surface area (Å²) < 4.78 is 10.9. The van der Waals surface area contributed by atoms with Gasteiger partial charge in [0.05, 0.1) is 21.9 Å². The number of fused-ring (bicyclic) bond motifs is 5. The van der Waals surface area contributed by atoms with Crippen LogP contribution < -0.4 is 9.47 Å². The van der Waals surface area contributed by atoms with Gasteiger partial charge in [0.15, 0.2) is 11.5 Å². The summed E-state index contributed by atoms with van der Waals surface area (Å²) in [5.41, 5.74) is 1.52. The quantitative estimate of drug-likeness (QED) is 0.126. The van der Waals surface area contributed by atoms with Crippen LogP contribution >= 0.6 is 23.2 Å². The second-order valence-electron chi connectivity index (χ2n) is 21.5. The van der Waals surface area contributed by atoms with Crippen LogP contribution in [0.2, 0.25) is 10.0 Å². The van der Waals surface area contributed by atoms with Gasteiger partial charge < -0.3 is 19.7 Å². The molecule has 63 heavy (non-hydrogen) atoms. The maximum absolute atomic E-state index is 12.6. The summed E-state index contributed by atoms with van der Waals surface area (Å²) in [7, 11) is 0. The van der Waals surface area contributed by atoms with Crippen LogP contribution in [-0.4, -0.2) is 34.1 Å². The number of allylic oxidation sites excluding steroid dienone is 1. The highest BCUT2D eigenvalue weighted by Gasteiger charge is 2.60. The Bertz CT molecular complexity index is 1980. The van der Waals surface area contributed by atoms with Crippen molar-refractivity contribution in [3.63, 3.8) is 0 Å². The molecular formula is C53H72Cl2O8. The number of carbonyl (C=O) groups is 4. The molecule has 0 saturated heterocycles. The lowest BCUT2D eigenvalue weighted by atomic mass is 9.44. The summed E-state index contributed by atoms with van der Waals surface area (Å²) in [5, 5.41) is 20.4. The van der Waals surface area contributed by atoms with Crippen molar-refractivity contribution >= 4 is 52.7 Å². The van der Waals surface area contributed by atoms with Crippen LogP contribution in [0, 0.1) is 70.0 Å². The molecule has 4 aliphatic rings. The molecule has 0 spiro atoms. The second-order valence-corrected chi connectivity index (χ2v) is 22.3. The maximum atomic E-state index is 12.6. The lowest BCUT2D eigenvalue weighted by Gasteiger charge is -2.61. The molecule has 0 amide bonds.